The first kappa shape index (κ1) is 17.9. The second-order valence-electron chi connectivity index (χ2n) is 8.80. The molecule has 1 saturated carbocycles. The zero-order valence-electron chi connectivity index (χ0n) is 15.9. The van der Waals surface area contributed by atoms with Gasteiger partial charge in [-0.05, 0) is 70.9 Å². The van der Waals surface area contributed by atoms with Gasteiger partial charge >= 0.3 is 5.97 Å². The van der Waals surface area contributed by atoms with Crippen molar-refractivity contribution < 1.29 is 9.53 Å². The third-order valence-electron chi connectivity index (χ3n) is 4.54. The molecule has 0 unspecified atom stereocenters. The second kappa shape index (κ2) is 6.13. The van der Waals surface area contributed by atoms with Crippen molar-refractivity contribution in [2.45, 2.75) is 71.9 Å². The van der Waals surface area contributed by atoms with Crippen LogP contribution < -0.4 is 5.73 Å². The maximum atomic E-state index is 12.6. The van der Waals surface area contributed by atoms with Crippen molar-refractivity contribution in [1.82, 2.24) is 9.38 Å². The minimum absolute atomic E-state index is 0.180. The average Bonchev–Trinajstić information content (AvgIpc) is 3.24. The third-order valence-corrected chi connectivity index (χ3v) is 4.54. The highest BCUT2D eigenvalue weighted by Gasteiger charge is 2.34. The topological polar surface area (TPSA) is 69.6 Å². The number of hydrogen-bond acceptors (Lipinski definition) is 4. The Labute approximate surface area is 149 Å². The number of aromatic nitrogens is 2. The summed E-state index contributed by atoms with van der Waals surface area (Å²) in [4.78, 5) is 17.3. The number of ether oxygens (including phenoxy) is 1. The maximum Gasteiger partial charge on any atom is 0.312 e. The number of carbonyl (C=O) groups excluding carboxylic acids is 1. The van der Waals surface area contributed by atoms with Crippen LogP contribution in [0.1, 0.15) is 70.2 Å². The van der Waals surface area contributed by atoms with E-state index in [2.05, 4.69) is 21.6 Å². The lowest BCUT2D eigenvalue weighted by Crippen LogP contribution is -2.35. The van der Waals surface area contributed by atoms with Gasteiger partial charge in [-0.15, -0.1) is 0 Å². The van der Waals surface area contributed by atoms with Crippen LogP contribution in [-0.4, -0.2) is 21.0 Å². The van der Waals surface area contributed by atoms with Gasteiger partial charge in [0.25, 0.3) is 0 Å². The number of pyridine rings is 1. The molecule has 2 aromatic rings. The quantitative estimate of drug-likeness (QED) is 0.843. The molecule has 0 bridgehead atoms. The van der Waals surface area contributed by atoms with E-state index in [1.807, 2.05) is 40.8 Å². The van der Waals surface area contributed by atoms with Gasteiger partial charge in [-0.2, -0.15) is 0 Å². The summed E-state index contributed by atoms with van der Waals surface area (Å²) in [5, 5.41) is 0. The van der Waals surface area contributed by atoms with E-state index in [4.69, 9.17) is 10.5 Å². The van der Waals surface area contributed by atoms with Crippen LogP contribution in [0.3, 0.4) is 0 Å². The Morgan fingerprint density at radius 1 is 1.28 bits per heavy atom. The molecule has 0 aliphatic heterocycles. The Hall–Kier alpha value is -1.88. The molecule has 2 N–H and O–H groups in total. The number of rotatable bonds is 5. The molecule has 1 aliphatic carbocycles. The molecule has 5 heteroatoms. The van der Waals surface area contributed by atoms with E-state index in [0.717, 1.165) is 16.9 Å². The fourth-order valence-electron chi connectivity index (χ4n) is 3.08. The van der Waals surface area contributed by atoms with Gasteiger partial charge in [-0.3, -0.25) is 4.79 Å². The molecule has 2 aromatic heterocycles. The highest BCUT2D eigenvalue weighted by molar-refractivity contribution is 5.77. The van der Waals surface area contributed by atoms with E-state index in [0.29, 0.717) is 18.9 Å². The summed E-state index contributed by atoms with van der Waals surface area (Å²) >= 11 is 0. The summed E-state index contributed by atoms with van der Waals surface area (Å²) in [6.45, 7) is 9.98. The van der Waals surface area contributed by atoms with Crippen molar-refractivity contribution >= 4 is 11.6 Å². The summed E-state index contributed by atoms with van der Waals surface area (Å²) in [6, 6.07) is 2.21. The number of carbonyl (C=O) groups is 1. The van der Waals surface area contributed by atoms with E-state index in [-0.39, 0.29) is 5.97 Å². The van der Waals surface area contributed by atoms with E-state index < -0.39 is 11.0 Å². The number of hydrogen-bond donors (Lipinski definition) is 1. The van der Waals surface area contributed by atoms with Crippen molar-refractivity contribution in [2.75, 3.05) is 0 Å². The van der Waals surface area contributed by atoms with Crippen molar-refractivity contribution in [3.8, 4) is 0 Å². The molecule has 5 nitrogen and oxygen atoms in total. The number of nitrogens with two attached hydrogens (primary N) is 1. The Bertz CT molecular complexity index is 795. The van der Waals surface area contributed by atoms with Crippen LogP contribution in [0.4, 0.5) is 0 Å². The number of nitrogens with zero attached hydrogens (tertiary/aromatic N) is 2. The highest BCUT2D eigenvalue weighted by atomic mass is 16.6. The standard InChI is InChI=1S/C20H29N3O2/c1-19(2,3)25-18(24)20(4,5)9-14-8-15(13-6-7-13)11-23-12-16(10-21)22-17(14)23/h8,11-13H,6-7,9-10,21H2,1-5H3. The molecule has 1 aliphatic rings. The molecule has 0 aromatic carbocycles. The normalized spacial score (nSPS) is 15.6. The molecular formula is C20H29N3O2. The van der Waals surface area contributed by atoms with Gasteiger partial charge in [0.05, 0.1) is 11.1 Å². The molecule has 25 heavy (non-hydrogen) atoms. The van der Waals surface area contributed by atoms with Crippen LogP contribution in [0, 0.1) is 5.41 Å². The van der Waals surface area contributed by atoms with E-state index in [1.165, 1.54) is 18.4 Å². The number of esters is 1. The molecule has 0 amide bonds. The predicted molar refractivity (Wildman–Crippen MR) is 98.4 cm³/mol. The molecule has 1 fully saturated rings. The highest BCUT2D eigenvalue weighted by Crippen LogP contribution is 2.41. The fourth-order valence-corrected chi connectivity index (χ4v) is 3.08. The molecule has 0 spiro atoms. The van der Waals surface area contributed by atoms with Crippen LogP contribution >= 0.6 is 0 Å². The molecular weight excluding hydrogens is 314 g/mol. The first-order chi connectivity index (χ1) is 11.6. The Kier molecular flexibility index (Phi) is 4.40. The zero-order valence-corrected chi connectivity index (χ0v) is 15.9. The van der Waals surface area contributed by atoms with Gasteiger partial charge in [0, 0.05) is 18.9 Å². The van der Waals surface area contributed by atoms with Crippen LogP contribution in [0.2, 0.25) is 0 Å². The van der Waals surface area contributed by atoms with E-state index >= 15 is 0 Å². The summed E-state index contributed by atoms with van der Waals surface area (Å²) in [7, 11) is 0. The largest absolute Gasteiger partial charge is 0.460 e. The Morgan fingerprint density at radius 2 is 1.96 bits per heavy atom. The first-order valence-electron chi connectivity index (χ1n) is 9.03. The van der Waals surface area contributed by atoms with Crippen LogP contribution in [0.15, 0.2) is 18.5 Å². The minimum Gasteiger partial charge on any atom is -0.460 e. The van der Waals surface area contributed by atoms with E-state index in [1.54, 1.807) is 0 Å². The zero-order chi connectivity index (χ0) is 18.4. The van der Waals surface area contributed by atoms with Gasteiger partial charge in [0.15, 0.2) is 0 Å². The lowest BCUT2D eigenvalue weighted by atomic mass is 9.85. The molecule has 0 atom stereocenters. The smallest absolute Gasteiger partial charge is 0.312 e. The van der Waals surface area contributed by atoms with Crippen LogP contribution in [0.5, 0.6) is 0 Å². The molecule has 3 rings (SSSR count). The summed E-state index contributed by atoms with van der Waals surface area (Å²) in [5.41, 5.74) is 8.82. The van der Waals surface area contributed by atoms with Crippen LogP contribution in [0.25, 0.3) is 5.65 Å². The molecule has 136 valence electrons. The van der Waals surface area contributed by atoms with Crippen LogP contribution in [-0.2, 0) is 22.5 Å². The lowest BCUT2D eigenvalue weighted by Gasteiger charge is -2.28. The molecule has 0 radical (unpaired) electrons. The second-order valence-corrected chi connectivity index (χ2v) is 8.80. The van der Waals surface area contributed by atoms with Gasteiger partial charge in [0.2, 0.25) is 0 Å². The monoisotopic (exact) mass is 343 g/mol. The molecule has 2 heterocycles. The molecule has 0 saturated heterocycles. The Balaban J connectivity index is 1.96. The fraction of sp³-hybridized carbons (Fsp3) is 0.600. The van der Waals surface area contributed by atoms with Crippen molar-refractivity contribution in [3.05, 3.63) is 35.3 Å². The number of fused-ring (bicyclic) bond motifs is 1. The lowest BCUT2D eigenvalue weighted by molar-refractivity contribution is -0.165. The summed E-state index contributed by atoms with van der Waals surface area (Å²) < 4.78 is 7.68. The first-order valence-corrected chi connectivity index (χ1v) is 9.03. The Morgan fingerprint density at radius 3 is 2.52 bits per heavy atom. The van der Waals surface area contributed by atoms with Gasteiger partial charge in [0.1, 0.15) is 11.2 Å². The minimum atomic E-state index is -0.620. The van der Waals surface area contributed by atoms with Gasteiger partial charge < -0.3 is 14.9 Å². The third kappa shape index (κ3) is 4.03. The van der Waals surface area contributed by atoms with Crippen molar-refractivity contribution in [3.63, 3.8) is 0 Å². The predicted octanol–water partition coefficient (Wildman–Crippen LogP) is 3.58. The number of imidazole rings is 1. The summed E-state index contributed by atoms with van der Waals surface area (Å²) in [6.07, 6.45) is 7.21. The maximum absolute atomic E-state index is 12.6. The average molecular weight is 343 g/mol. The summed E-state index contributed by atoms with van der Waals surface area (Å²) in [5.74, 6) is 0.456. The SMILES string of the molecule is CC(C)(C)OC(=O)C(C)(C)Cc1cc(C2CC2)cn2cc(CN)nc12. The van der Waals surface area contributed by atoms with E-state index in [9.17, 15) is 4.79 Å². The van der Waals surface area contributed by atoms with Gasteiger partial charge in [-0.1, -0.05) is 6.07 Å². The van der Waals surface area contributed by atoms with Crippen molar-refractivity contribution in [2.24, 2.45) is 11.1 Å². The van der Waals surface area contributed by atoms with Gasteiger partial charge in [-0.25, -0.2) is 4.98 Å². The van der Waals surface area contributed by atoms with Crippen molar-refractivity contribution in [1.29, 1.82) is 0 Å².